The summed E-state index contributed by atoms with van der Waals surface area (Å²) in [7, 11) is 0. The Morgan fingerprint density at radius 1 is 0.392 bits per heavy atom. The lowest BCUT2D eigenvalue weighted by Gasteiger charge is -2.12. The van der Waals surface area contributed by atoms with Crippen LogP contribution in [-0.4, -0.2) is 19.1 Å². The van der Waals surface area contributed by atoms with Crippen LogP contribution in [0.3, 0.4) is 0 Å². The Labute approximate surface area is 292 Å². The molecular weight excluding hydrogens is 625 g/mol. The topological polar surface area (TPSA) is 48.8 Å². The monoisotopic (exact) mass is 652 g/mol. The fourth-order valence-corrected chi connectivity index (χ4v) is 7.91. The average molecular weight is 653 g/mol. The lowest BCUT2D eigenvalue weighted by atomic mass is 10.1. The maximum atomic E-state index is 6.35. The second kappa shape index (κ2) is 10.8. The van der Waals surface area contributed by atoms with Gasteiger partial charge in [0, 0.05) is 49.4 Å². The summed E-state index contributed by atoms with van der Waals surface area (Å²) in [5.74, 6) is 0.620. The number of hydrogen-bond donors (Lipinski definition) is 0. The standard InChI is InChI=1S/C46H28N4O/c1-3-14-29(15-4-1)44-43-35-22-9-12-25-42(35)51-46(43)48-45(47-44)30-16-13-19-32(26-30)50-39-24-11-8-21-34(39)37-27-36-33-20-7-10-23-38(33)49(40(36)28-41(37)50)31-17-5-2-6-18-31/h1-28H. The third-order valence-corrected chi connectivity index (χ3v) is 10.1. The van der Waals surface area contributed by atoms with Crippen molar-refractivity contribution in [1.82, 2.24) is 19.1 Å². The van der Waals surface area contributed by atoms with Crippen LogP contribution in [0.4, 0.5) is 0 Å². The first kappa shape index (κ1) is 27.9. The van der Waals surface area contributed by atoms with Gasteiger partial charge in [-0.25, -0.2) is 4.98 Å². The second-order valence-electron chi connectivity index (χ2n) is 13.0. The largest absolute Gasteiger partial charge is 0.438 e. The van der Waals surface area contributed by atoms with Gasteiger partial charge in [-0.3, -0.25) is 0 Å². The molecule has 0 amide bonds. The van der Waals surface area contributed by atoms with Gasteiger partial charge in [-0.05, 0) is 54.6 Å². The third-order valence-electron chi connectivity index (χ3n) is 10.1. The number of aromatic nitrogens is 4. The molecule has 0 unspecified atom stereocenters. The van der Waals surface area contributed by atoms with E-state index in [-0.39, 0.29) is 0 Å². The molecule has 0 atom stereocenters. The van der Waals surface area contributed by atoms with Crippen LogP contribution >= 0.6 is 0 Å². The molecule has 0 N–H and O–H groups in total. The van der Waals surface area contributed by atoms with Crippen LogP contribution in [0.15, 0.2) is 174 Å². The SMILES string of the molecule is c1ccc(-c2nc(-c3cccc(-n4c5ccccc5c5cc6c7ccccc7n(-c7ccccc7)c6cc54)c3)nc3oc4ccccc4c23)cc1. The van der Waals surface area contributed by atoms with E-state index in [1.54, 1.807) is 0 Å². The predicted molar refractivity (Wildman–Crippen MR) is 209 cm³/mol. The molecule has 0 bridgehead atoms. The lowest BCUT2D eigenvalue weighted by Crippen LogP contribution is -1.98. The molecule has 5 nitrogen and oxygen atoms in total. The molecule has 7 aromatic carbocycles. The molecule has 0 saturated heterocycles. The van der Waals surface area contributed by atoms with Crippen molar-refractivity contribution in [2.24, 2.45) is 0 Å². The van der Waals surface area contributed by atoms with Crippen molar-refractivity contribution < 1.29 is 4.42 Å². The summed E-state index contributed by atoms with van der Waals surface area (Å²) in [6, 6.07) is 59.7. The van der Waals surface area contributed by atoms with Gasteiger partial charge in [-0.15, -0.1) is 0 Å². The predicted octanol–water partition coefficient (Wildman–Crippen LogP) is 11.9. The minimum Gasteiger partial charge on any atom is -0.438 e. The van der Waals surface area contributed by atoms with Crippen LogP contribution in [0.1, 0.15) is 0 Å². The maximum absolute atomic E-state index is 6.35. The maximum Gasteiger partial charge on any atom is 0.231 e. The van der Waals surface area contributed by atoms with Crippen molar-refractivity contribution in [2.75, 3.05) is 0 Å². The molecule has 0 fully saturated rings. The highest BCUT2D eigenvalue weighted by Crippen LogP contribution is 2.41. The highest BCUT2D eigenvalue weighted by Gasteiger charge is 2.21. The summed E-state index contributed by atoms with van der Waals surface area (Å²) in [5, 5.41) is 6.84. The highest BCUT2D eigenvalue weighted by atomic mass is 16.3. The smallest absolute Gasteiger partial charge is 0.231 e. The first-order valence-electron chi connectivity index (χ1n) is 17.2. The van der Waals surface area contributed by atoms with Gasteiger partial charge >= 0.3 is 0 Å². The van der Waals surface area contributed by atoms with Gasteiger partial charge in [0.25, 0.3) is 0 Å². The van der Waals surface area contributed by atoms with E-state index in [1.165, 1.54) is 32.6 Å². The molecule has 5 heteroatoms. The van der Waals surface area contributed by atoms with E-state index in [0.29, 0.717) is 11.5 Å². The summed E-state index contributed by atoms with van der Waals surface area (Å²) < 4.78 is 11.1. The van der Waals surface area contributed by atoms with Gasteiger partial charge in [0.05, 0.1) is 33.1 Å². The molecule has 0 aliphatic carbocycles. The molecule has 238 valence electrons. The van der Waals surface area contributed by atoms with Crippen LogP contribution in [0.2, 0.25) is 0 Å². The van der Waals surface area contributed by atoms with E-state index < -0.39 is 0 Å². The van der Waals surface area contributed by atoms with Gasteiger partial charge in [0.15, 0.2) is 5.82 Å². The summed E-state index contributed by atoms with van der Waals surface area (Å²) in [6.07, 6.45) is 0. The molecule has 11 rings (SSSR count). The first-order valence-corrected chi connectivity index (χ1v) is 17.2. The third kappa shape index (κ3) is 4.15. The number of nitrogens with zero attached hydrogens (tertiary/aromatic N) is 4. The Kier molecular flexibility index (Phi) is 5.89. The average Bonchev–Trinajstić information content (AvgIpc) is 3.84. The Bertz CT molecular complexity index is 3130. The van der Waals surface area contributed by atoms with Crippen molar-refractivity contribution in [2.45, 2.75) is 0 Å². The molecule has 0 radical (unpaired) electrons. The molecule has 0 aliphatic heterocycles. The van der Waals surface area contributed by atoms with Crippen molar-refractivity contribution in [3.63, 3.8) is 0 Å². The van der Waals surface area contributed by atoms with Crippen LogP contribution in [0, 0.1) is 0 Å². The van der Waals surface area contributed by atoms with Crippen molar-refractivity contribution in [1.29, 1.82) is 0 Å². The van der Waals surface area contributed by atoms with E-state index in [4.69, 9.17) is 14.4 Å². The summed E-state index contributed by atoms with van der Waals surface area (Å²) in [5.41, 5.74) is 11.0. The number of para-hydroxylation sites is 4. The van der Waals surface area contributed by atoms with Crippen molar-refractivity contribution in [3.05, 3.63) is 170 Å². The second-order valence-corrected chi connectivity index (χ2v) is 13.0. The summed E-state index contributed by atoms with van der Waals surface area (Å²) >= 11 is 0. The zero-order valence-corrected chi connectivity index (χ0v) is 27.4. The van der Waals surface area contributed by atoms with Crippen molar-refractivity contribution >= 4 is 65.7 Å². The van der Waals surface area contributed by atoms with E-state index in [0.717, 1.165) is 55.6 Å². The molecule has 0 saturated carbocycles. The molecule has 4 heterocycles. The zero-order valence-electron chi connectivity index (χ0n) is 27.4. The minimum atomic E-state index is 0.582. The molecule has 4 aromatic heterocycles. The number of hydrogen-bond acceptors (Lipinski definition) is 3. The van der Waals surface area contributed by atoms with Crippen molar-refractivity contribution in [3.8, 4) is 34.0 Å². The van der Waals surface area contributed by atoms with E-state index in [9.17, 15) is 0 Å². The number of fused-ring (bicyclic) bond motifs is 9. The summed E-state index contributed by atoms with van der Waals surface area (Å²) in [4.78, 5) is 10.3. The quantitative estimate of drug-likeness (QED) is 0.190. The first-order chi connectivity index (χ1) is 25.3. The Hall–Kier alpha value is -6.98. The Morgan fingerprint density at radius 2 is 0.961 bits per heavy atom. The molecular formula is C46H28N4O. The van der Waals surface area contributed by atoms with E-state index >= 15 is 0 Å². The molecule has 11 aromatic rings. The fourth-order valence-electron chi connectivity index (χ4n) is 7.91. The molecule has 0 spiro atoms. The molecule has 51 heavy (non-hydrogen) atoms. The Balaban J connectivity index is 1.17. The fraction of sp³-hybridized carbons (Fsp3) is 0. The normalized spacial score (nSPS) is 11.9. The van der Waals surface area contributed by atoms with Gasteiger partial charge < -0.3 is 13.6 Å². The molecule has 0 aliphatic rings. The van der Waals surface area contributed by atoms with Gasteiger partial charge in [-0.2, -0.15) is 4.98 Å². The van der Waals surface area contributed by atoms with Crippen LogP contribution in [0.25, 0.3) is 99.7 Å². The minimum absolute atomic E-state index is 0.582. The van der Waals surface area contributed by atoms with Crippen LogP contribution in [0.5, 0.6) is 0 Å². The van der Waals surface area contributed by atoms with E-state index in [2.05, 4.69) is 143 Å². The zero-order chi connectivity index (χ0) is 33.5. The lowest BCUT2D eigenvalue weighted by molar-refractivity contribution is 0.653. The number of furan rings is 1. The highest BCUT2D eigenvalue weighted by molar-refractivity contribution is 6.19. The van der Waals surface area contributed by atoms with Gasteiger partial charge in [0.2, 0.25) is 5.71 Å². The Morgan fingerprint density at radius 3 is 1.69 bits per heavy atom. The number of benzene rings is 7. The van der Waals surface area contributed by atoms with Crippen LogP contribution in [-0.2, 0) is 0 Å². The van der Waals surface area contributed by atoms with Crippen LogP contribution < -0.4 is 0 Å². The summed E-state index contributed by atoms with van der Waals surface area (Å²) in [6.45, 7) is 0. The number of rotatable bonds is 4. The van der Waals surface area contributed by atoms with E-state index in [1.807, 2.05) is 36.4 Å². The van der Waals surface area contributed by atoms with Gasteiger partial charge in [-0.1, -0.05) is 115 Å². The van der Waals surface area contributed by atoms with Gasteiger partial charge in [0.1, 0.15) is 5.58 Å².